The summed E-state index contributed by atoms with van der Waals surface area (Å²) in [4.78, 5) is 42.6. The summed E-state index contributed by atoms with van der Waals surface area (Å²) in [5, 5.41) is 9.77. The molecule has 0 aliphatic carbocycles. The first kappa shape index (κ1) is 18.1. The lowest BCUT2D eigenvalue weighted by Gasteiger charge is -2.15. The Kier molecular flexibility index (Phi) is 5.08. The Bertz CT molecular complexity index is 877. The predicted octanol–water partition coefficient (Wildman–Crippen LogP) is 2.42. The molecule has 0 bridgehead atoms. The number of amides is 3. The molecule has 3 amide bonds. The molecule has 1 aromatic heterocycles. The summed E-state index contributed by atoms with van der Waals surface area (Å²) in [6.45, 7) is 6.20. The van der Waals surface area contributed by atoms with Crippen molar-refractivity contribution in [1.29, 1.82) is 0 Å². The lowest BCUT2D eigenvalue weighted by molar-refractivity contribution is 0.0636. The van der Waals surface area contributed by atoms with Crippen LogP contribution in [0.5, 0.6) is 0 Å². The molecule has 136 valence electrons. The third-order valence-corrected chi connectivity index (χ3v) is 4.48. The number of nitrogens with one attached hydrogen (secondary N) is 2. The molecule has 26 heavy (non-hydrogen) atoms. The van der Waals surface area contributed by atoms with Gasteiger partial charge in [0.25, 0.3) is 17.7 Å². The molecule has 0 unspecified atom stereocenters. The van der Waals surface area contributed by atoms with Gasteiger partial charge in [0.2, 0.25) is 11.1 Å². The minimum atomic E-state index is -0.431. The van der Waals surface area contributed by atoms with E-state index in [2.05, 4.69) is 20.5 Å². The van der Waals surface area contributed by atoms with Gasteiger partial charge in [-0.3, -0.25) is 24.6 Å². The number of imide groups is 1. The number of hydrogen-bond donors (Lipinski definition) is 2. The summed E-state index contributed by atoms with van der Waals surface area (Å²) in [5.41, 5.74) is 0.856. The number of rotatable bonds is 6. The summed E-state index contributed by atoms with van der Waals surface area (Å²) < 4.78 is 0. The first-order valence-corrected chi connectivity index (χ1v) is 9.26. The Morgan fingerprint density at radius 1 is 1.27 bits per heavy atom. The number of anilines is 1. The van der Waals surface area contributed by atoms with E-state index in [0.717, 1.165) is 5.75 Å². The van der Waals surface area contributed by atoms with Gasteiger partial charge in [-0.25, -0.2) is 5.10 Å². The Labute approximate surface area is 154 Å². The minimum absolute atomic E-state index is 0.168. The number of benzene rings is 1. The topological polar surface area (TPSA) is 108 Å². The molecule has 9 heteroatoms. The second kappa shape index (κ2) is 7.28. The van der Waals surface area contributed by atoms with Crippen molar-refractivity contribution in [1.82, 2.24) is 20.1 Å². The number of hydrogen-bond acceptors (Lipinski definition) is 6. The van der Waals surface area contributed by atoms with Crippen LogP contribution in [-0.4, -0.2) is 50.1 Å². The lowest BCUT2D eigenvalue weighted by atomic mass is 10.1. The summed E-state index contributed by atoms with van der Waals surface area (Å²) in [6, 6.07) is 4.49. The zero-order chi connectivity index (χ0) is 18.8. The monoisotopic (exact) mass is 373 g/mol. The average molecular weight is 373 g/mol. The highest BCUT2D eigenvalue weighted by Gasteiger charge is 2.36. The van der Waals surface area contributed by atoms with E-state index in [0.29, 0.717) is 17.3 Å². The smallest absolute Gasteiger partial charge is 0.261 e. The van der Waals surface area contributed by atoms with Gasteiger partial charge in [0, 0.05) is 12.1 Å². The zero-order valence-electron chi connectivity index (χ0n) is 14.7. The molecule has 1 aliphatic rings. The van der Waals surface area contributed by atoms with Gasteiger partial charge in [0.1, 0.15) is 0 Å². The second-order valence-corrected chi connectivity index (χ2v) is 7.46. The SMILES string of the molecule is CCSc1n[nH]c(NC(=O)c2ccc3c(c2)C(=O)N(CC(C)C)C3=O)n1. The normalized spacial score (nSPS) is 13.5. The Balaban J connectivity index is 1.79. The van der Waals surface area contributed by atoms with Gasteiger partial charge >= 0.3 is 0 Å². The molecule has 8 nitrogen and oxygen atoms in total. The average Bonchev–Trinajstić information content (AvgIpc) is 3.13. The van der Waals surface area contributed by atoms with Crippen LogP contribution in [0.15, 0.2) is 23.4 Å². The molecule has 1 aliphatic heterocycles. The molecule has 0 fully saturated rings. The van der Waals surface area contributed by atoms with Crippen LogP contribution in [0.3, 0.4) is 0 Å². The van der Waals surface area contributed by atoms with Crippen LogP contribution in [0.4, 0.5) is 5.95 Å². The fourth-order valence-corrected chi connectivity index (χ4v) is 3.16. The molecular formula is C17H19N5O3S. The van der Waals surface area contributed by atoms with Gasteiger partial charge in [-0.2, -0.15) is 4.98 Å². The van der Waals surface area contributed by atoms with Crippen LogP contribution in [0.2, 0.25) is 0 Å². The third-order valence-electron chi connectivity index (χ3n) is 3.75. The summed E-state index contributed by atoms with van der Waals surface area (Å²) in [7, 11) is 0. The molecular weight excluding hydrogens is 354 g/mol. The number of carbonyl (C=O) groups is 3. The molecule has 2 N–H and O–H groups in total. The van der Waals surface area contributed by atoms with E-state index in [1.165, 1.54) is 34.9 Å². The van der Waals surface area contributed by atoms with Crippen molar-refractivity contribution < 1.29 is 14.4 Å². The van der Waals surface area contributed by atoms with Gasteiger partial charge in [-0.15, -0.1) is 5.10 Å². The maximum absolute atomic E-state index is 12.5. The van der Waals surface area contributed by atoms with E-state index in [9.17, 15) is 14.4 Å². The van der Waals surface area contributed by atoms with E-state index in [1.54, 1.807) is 0 Å². The largest absolute Gasteiger partial charge is 0.291 e. The van der Waals surface area contributed by atoms with Gasteiger partial charge in [-0.05, 0) is 29.9 Å². The molecule has 0 saturated heterocycles. The van der Waals surface area contributed by atoms with Crippen molar-refractivity contribution >= 4 is 35.4 Å². The number of carbonyl (C=O) groups excluding carboxylic acids is 3. The summed E-state index contributed by atoms with van der Waals surface area (Å²) in [5.74, 6) is 0.104. The van der Waals surface area contributed by atoms with Crippen molar-refractivity contribution in [3.8, 4) is 0 Å². The number of aromatic nitrogens is 3. The Hall–Kier alpha value is -2.68. The predicted molar refractivity (Wildman–Crippen MR) is 97.4 cm³/mol. The number of fused-ring (bicyclic) bond motifs is 1. The molecule has 0 atom stereocenters. The fourth-order valence-electron chi connectivity index (χ4n) is 2.64. The summed E-state index contributed by atoms with van der Waals surface area (Å²) in [6.07, 6.45) is 0. The van der Waals surface area contributed by atoms with Crippen LogP contribution in [-0.2, 0) is 0 Å². The molecule has 0 spiro atoms. The molecule has 1 aromatic carbocycles. The maximum Gasteiger partial charge on any atom is 0.261 e. The Morgan fingerprint density at radius 3 is 2.69 bits per heavy atom. The van der Waals surface area contributed by atoms with Gasteiger partial charge in [0.15, 0.2) is 0 Å². The van der Waals surface area contributed by atoms with Crippen LogP contribution in [0, 0.1) is 5.92 Å². The quantitative estimate of drug-likeness (QED) is 0.595. The van der Waals surface area contributed by atoms with Gasteiger partial charge in [0.05, 0.1) is 11.1 Å². The van der Waals surface area contributed by atoms with Crippen molar-refractivity contribution in [3.63, 3.8) is 0 Å². The molecule has 0 radical (unpaired) electrons. The highest BCUT2D eigenvalue weighted by Crippen LogP contribution is 2.25. The number of nitrogens with zero attached hydrogens (tertiary/aromatic N) is 3. The van der Waals surface area contributed by atoms with E-state index in [-0.39, 0.29) is 34.8 Å². The standard InChI is InChI=1S/C17H19N5O3S/c1-4-26-17-19-16(20-21-17)18-13(23)10-5-6-11-12(7-10)15(25)22(14(11)24)8-9(2)3/h5-7,9H,4,8H2,1-3H3,(H2,18,19,20,21,23). The van der Waals surface area contributed by atoms with Crippen LogP contribution < -0.4 is 5.32 Å². The molecule has 2 heterocycles. The van der Waals surface area contributed by atoms with Crippen molar-refractivity contribution in [3.05, 3.63) is 34.9 Å². The van der Waals surface area contributed by atoms with E-state index in [4.69, 9.17) is 0 Å². The van der Waals surface area contributed by atoms with E-state index < -0.39 is 5.91 Å². The first-order chi connectivity index (χ1) is 12.4. The molecule has 0 saturated carbocycles. The minimum Gasteiger partial charge on any atom is -0.291 e. The number of aromatic amines is 1. The second-order valence-electron chi connectivity index (χ2n) is 6.23. The highest BCUT2D eigenvalue weighted by molar-refractivity contribution is 7.99. The molecule has 2 aromatic rings. The Morgan fingerprint density at radius 2 is 2.00 bits per heavy atom. The maximum atomic E-state index is 12.5. The fraction of sp³-hybridized carbons (Fsp3) is 0.353. The van der Waals surface area contributed by atoms with Crippen LogP contribution >= 0.6 is 11.8 Å². The highest BCUT2D eigenvalue weighted by atomic mass is 32.2. The number of H-pyrrole nitrogens is 1. The van der Waals surface area contributed by atoms with Crippen molar-refractivity contribution in [2.75, 3.05) is 17.6 Å². The number of thioether (sulfide) groups is 1. The first-order valence-electron chi connectivity index (χ1n) is 8.27. The zero-order valence-corrected chi connectivity index (χ0v) is 15.5. The van der Waals surface area contributed by atoms with Crippen LogP contribution in [0.25, 0.3) is 0 Å². The third kappa shape index (κ3) is 3.48. The van der Waals surface area contributed by atoms with Crippen molar-refractivity contribution in [2.45, 2.75) is 25.9 Å². The molecule has 3 rings (SSSR count). The van der Waals surface area contributed by atoms with E-state index in [1.807, 2.05) is 20.8 Å². The van der Waals surface area contributed by atoms with Crippen molar-refractivity contribution in [2.24, 2.45) is 5.92 Å². The summed E-state index contributed by atoms with van der Waals surface area (Å²) >= 11 is 1.45. The van der Waals surface area contributed by atoms with Gasteiger partial charge < -0.3 is 0 Å². The van der Waals surface area contributed by atoms with Gasteiger partial charge in [-0.1, -0.05) is 32.5 Å². The lowest BCUT2D eigenvalue weighted by Crippen LogP contribution is -2.33. The van der Waals surface area contributed by atoms with Crippen LogP contribution in [0.1, 0.15) is 51.8 Å². The van der Waals surface area contributed by atoms with E-state index >= 15 is 0 Å².